The Kier molecular flexibility index (Phi) is 7.05. The maximum absolute atomic E-state index is 12.6. The highest BCUT2D eigenvalue weighted by Gasteiger charge is 2.21. The maximum Gasteiger partial charge on any atom is 0.251 e. The van der Waals surface area contributed by atoms with Gasteiger partial charge in [0.1, 0.15) is 5.75 Å². The van der Waals surface area contributed by atoms with Gasteiger partial charge >= 0.3 is 0 Å². The molecule has 1 heterocycles. The van der Waals surface area contributed by atoms with Crippen LogP contribution in [0.5, 0.6) is 5.75 Å². The lowest BCUT2D eigenvalue weighted by Crippen LogP contribution is -2.50. The second-order valence-corrected chi connectivity index (χ2v) is 8.70. The van der Waals surface area contributed by atoms with Gasteiger partial charge in [-0.1, -0.05) is 0 Å². The maximum atomic E-state index is 12.6. The first-order chi connectivity index (χ1) is 14.7. The number of benzene rings is 2. The van der Waals surface area contributed by atoms with Crippen molar-refractivity contribution in [3.05, 3.63) is 54.1 Å². The lowest BCUT2D eigenvalue weighted by atomic mass is 10.1. The smallest absolute Gasteiger partial charge is 0.251 e. The van der Waals surface area contributed by atoms with E-state index in [9.17, 15) is 9.59 Å². The summed E-state index contributed by atoms with van der Waals surface area (Å²) in [6.45, 7) is 9.06. The van der Waals surface area contributed by atoms with Crippen LogP contribution in [0.25, 0.3) is 0 Å². The van der Waals surface area contributed by atoms with Gasteiger partial charge in [-0.3, -0.25) is 9.59 Å². The fraction of sp³-hybridized carbons (Fsp3) is 0.417. The minimum absolute atomic E-state index is 0.0731. The molecule has 0 atom stereocenters. The molecule has 7 heteroatoms. The molecule has 0 spiro atoms. The number of hydrogen-bond donors (Lipinski definition) is 2. The number of amides is 2. The van der Waals surface area contributed by atoms with Crippen molar-refractivity contribution in [1.29, 1.82) is 0 Å². The van der Waals surface area contributed by atoms with E-state index >= 15 is 0 Å². The molecule has 2 amide bonds. The SMILES string of the molecule is COc1ccc(N2CCN(C(=O)CNc3ccc(C(=O)NC(C)(C)C)cc3)CC2)cc1. The number of ether oxygens (including phenoxy) is 1. The number of rotatable bonds is 6. The monoisotopic (exact) mass is 424 g/mol. The molecule has 0 radical (unpaired) electrons. The van der Waals surface area contributed by atoms with Crippen molar-refractivity contribution in [3.8, 4) is 5.75 Å². The Morgan fingerprint density at radius 1 is 0.935 bits per heavy atom. The van der Waals surface area contributed by atoms with Gasteiger partial charge in [-0.05, 0) is 69.3 Å². The Bertz CT molecular complexity index is 881. The number of piperazine rings is 1. The van der Waals surface area contributed by atoms with Crippen LogP contribution in [0.1, 0.15) is 31.1 Å². The van der Waals surface area contributed by atoms with Crippen LogP contribution in [0.4, 0.5) is 11.4 Å². The minimum Gasteiger partial charge on any atom is -0.497 e. The molecule has 0 aliphatic carbocycles. The number of anilines is 2. The Balaban J connectivity index is 1.45. The third kappa shape index (κ3) is 6.38. The summed E-state index contributed by atoms with van der Waals surface area (Å²) in [5.74, 6) is 0.806. The minimum atomic E-state index is -0.280. The van der Waals surface area contributed by atoms with Crippen molar-refractivity contribution >= 4 is 23.2 Å². The van der Waals surface area contributed by atoms with Crippen LogP contribution >= 0.6 is 0 Å². The molecule has 0 unspecified atom stereocenters. The van der Waals surface area contributed by atoms with Gasteiger partial charge < -0.3 is 25.2 Å². The lowest BCUT2D eigenvalue weighted by Gasteiger charge is -2.36. The molecule has 1 fully saturated rings. The Morgan fingerprint density at radius 2 is 1.55 bits per heavy atom. The summed E-state index contributed by atoms with van der Waals surface area (Å²) in [5, 5.41) is 6.10. The zero-order chi connectivity index (χ0) is 22.4. The van der Waals surface area contributed by atoms with Gasteiger partial charge in [0.2, 0.25) is 5.91 Å². The summed E-state index contributed by atoms with van der Waals surface area (Å²) in [6, 6.07) is 15.2. The van der Waals surface area contributed by atoms with E-state index in [2.05, 4.69) is 15.5 Å². The molecule has 0 bridgehead atoms. The average Bonchev–Trinajstić information content (AvgIpc) is 2.77. The first-order valence-electron chi connectivity index (χ1n) is 10.6. The van der Waals surface area contributed by atoms with Crippen molar-refractivity contribution in [2.75, 3.05) is 50.1 Å². The number of nitrogens with one attached hydrogen (secondary N) is 2. The lowest BCUT2D eigenvalue weighted by molar-refractivity contribution is -0.129. The molecular weight excluding hydrogens is 392 g/mol. The Labute approximate surface area is 184 Å². The number of nitrogens with zero attached hydrogens (tertiary/aromatic N) is 2. The highest BCUT2D eigenvalue weighted by Crippen LogP contribution is 2.20. The van der Waals surface area contributed by atoms with Crippen LogP contribution in [0.15, 0.2) is 48.5 Å². The number of methoxy groups -OCH3 is 1. The topological polar surface area (TPSA) is 73.9 Å². The van der Waals surface area contributed by atoms with Gasteiger partial charge in [0, 0.05) is 48.7 Å². The fourth-order valence-corrected chi connectivity index (χ4v) is 3.45. The quantitative estimate of drug-likeness (QED) is 0.746. The third-order valence-corrected chi connectivity index (χ3v) is 5.15. The Morgan fingerprint density at radius 3 is 2.10 bits per heavy atom. The molecule has 1 saturated heterocycles. The van der Waals surface area contributed by atoms with E-state index in [4.69, 9.17) is 4.74 Å². The van der Waals surface area contributed by atoms with E-state index in [0.29, 0.717) is 18.7 Å². The predicted molar refractivity (Wildman–Crippen MR) is 124 cm³/mol. The van der Waals surface area contributed by atoms with Crippen LogP contribution in [0, 0.1) is 0 Å². The van der Waals surface area contributed by atoms with Crippen LogP contribution < -0.4 is 20.3 Å². The van der Waals surface area contributed by atoms with E-state index < -0.39 is 0 Å². The van der Waals surface area contributed by atoms with Crippen LogP contribution in [-0.4, -0.2) is 62.1 Å². The number of hydrogen-bond acceptors (Lipinski definition) is 5. The highest BCUT2D eigenvalue weighted by atomic mass is 16.5. The van der Waals surface area contributed by atoms with Crippen LogP contribution in [0.3, 0.4) is 0 Å². The molecule has 1 aliphatic rings. The fourth-order valence-electron chi connectivity index (χ4n) is 3.45. The molecule has 166 valence electrons. The second-order valence-electron chi connectivity index (χ2n) is 8.70. The summed E-state index contributed by atoms with van der Waals surface area (Å²) in [7, 11) is 1.66. The number of carbonyl (C=O) groups is 2. The third-order valence-electron chi connectivity index (χ3n) is 5.15. The largest absolute Gasteiger partial charge is 0.497 e. The van der Waals surface area contributed by atoms with E-state index in [1.165, 1.54) is 0 Å². The van der Waals surface area contributed by atoms with Crippen LogP contribution in [-0.2, 0) is 4.79 Å². The van der Waals surface area contributed by atoms with Gasteiger partial charge in [-0.2, -0.15) is 0 Å². The van der Waals surface area contributed by atoms with Crippen molar-refractivity contribution in [2.24, 2.45) is 0 Å². The van der Waals surface area contributed by atoms with Gasteiger partial charge in [0.15, 0.2) is 0 Å². The van der Waals surface area contributed by atoms with E-state index in [1.54, 1.807) is 19.2 Å². The zero-order valence-electron chi connectivity index (χ0n) is 18.8. The van der Waals surface area contributed by atoms with Crippen molar-refractivity contribution in [1.82, 2.24) is 10.2 Å². The molecule has 7 nitrogen and oxygen atoms in total. The van der Waals surface area contributed by atoms with E-state index in [1.807, 2.05) is 62.1 Å². The van der Waals surface area contributed by atoms with Gasteiger partial charge in [0.25, 0.3) is 5.91 Å². The molecule has 0 saturated carbocycles. The first kappa shape index (κ1) is 22.5. The average molecular weight is 425 g/mol. The van der Waals surface area contributed by atoms with Crippen molar-refractivity contribution in [3.63, 3.8) is 0 Å². The standard InChI is InChI=1S/C24H32N4O3/c1-24(2,3)26-23(30)18-5-7-19(8-6-18)25-17-22(29)28-15-13-27(14-16-28)20-9-11-21(31-4)12-10-20/h5-12,25H,13-17H2,1-4H3,(H,26,30). The summed E-state index contributed by atoms with van der Waals surface area (Å²) >= 11 is 0. The molecule has 0 aromatic heterocycles. The summed E-state index contributed by atoms with van der Waals surface area (Å²) in [4.78, 5) is 29.0. The summed E-state index contributed by atoms with van der Waals surface area (Å²) in [5.41, 5.74) is 2.28. The van der Waals surface area contributed by atoms with Gasteiger partial charge in [0.05, 0.1) is 13.7 Å². The molecule has 2 aromatic rings. The molecule has 1 aliphatic heterocycles. The normalized spacial score (nSPS) is 14.2. The molecule has 31 heavy (non-hydrogen) atoms. The number of carbonyl (C=O) groups excluding carboxylic acids is 2. The van der Waals surface area contributed by atoms with E-state index in [0.717, 1.165) is 30.2 Å². The van der Waals surface area contributed by atoms with Gasteiger partial charge in [-0.15, -0.1) is 0 Å². The first-order valence-corrected chi connectivity index (χ1v) is 10.6. The highest BCUT2D eigenvalue weighted by molar-refractivity contribution is 5.95. The summed E-state index contributed by atoms with van der Waals surface area (Å²) < 4.78 is 5.21. The molecule has 2 N–H and O–H groups in total. The molecule has 2 aromatic carbocycles. The Hall–Kier alpha value is -3.22. The zero-order valence-corrected chi connectivity index (χ0v) is 18.8. The predicted octanol–water partition coefficient (Wildman–Crippen LogP) is 2.98. The van der Waals surface area contributed by atoms with Crippen molar-refractivity contribution < 1.29 is 14.3 Å². The van der Waals surface area contributed by atoms with Crippen LogP contribution in [0.2, 0.25) is 0 Å². The van der Waals surface area contributed by atoms with Gasteiger partial charge in [-0.25, -0.2) is 0 Å². The summed E-state index contributed by atoms with van der Waals surface area (Å²) in [6.07, 6.45) is 0. The molecule has 3 rings (SSSR count). The van der Waals surface area contributed by atoms with Crippen molar-refractivity contribution in [2.45, 2.75) is 26.3 Å². The second kappa shape index (κ2) is 9.73. The molecular formula is C24H32N4O3. The van der Waals surface area contributed by atoms with E-state index in [-0.39, 0.29) is 23.9 Å².